The van der Waals surface area contributed by atoms with Gasteiger partial charge in [-0.2, -0.15) is 8.42 Å². The first-order valence-corrected chi connectivity index (χ1v) is 12.9. The molecule has 0 aliphatic carbocycles. The molecule has 1 atom stereocenters. The van der Waals surface area contributed by atoms with Crippen LogP contribution in [-0.4, -0.2) is 51.5 Å². The third kappa shape index (κ3) is 9.30. The Morgan fingerprint density at radius 2 is 1.79 bits per heavy atom. The smallest absolute Gasteiger partial charge is 0.410 e. The third-order valence-electron chi connectivity index (χ3n) is 4.31. The van der Waals surface area contributed by atoms with Gasteiger partial charge in [-0.1, -0.05) is 28.1 Å². The molecule has 0 spiro atoms. The summed E-state index contributed by atoms with van der Waals surface area (Å²) in [5.74, 6) is -0.375. The van der Waals surface area contributed by atoms with Crippen molar-refractivity contribution in [3.63, 3.8) is 0 Å². The van der Waals surface area contributed by atoms with Crippen LogP contribution in [0.2, 0.25) is 0 Å². The van der Waals surface area contributed by atoms with Gasteiger partial charge in [0, 0.05) is 29.7 Å². The maximum Gasteiger partial charge on any atom is 0.410 e. The number of amides is 1. The monoisotopic (exact) mass is 545 g/mol. The Morgan fingerprint density at radius 1 is 1.15 bits per heavy atom. The lowest BCUT2D eigenvalue weighted by Crippen LogP contribution is -2.35. The van der Waals surface area contributed by atoms with Crippen LogP contribution in [0.25, 0.3) is 0 Å². The summed E-state index contributed by atoms with van der Waals surface area (Å²) in [6.45, 7) is 6.04. The molecule has 182 valence electrons. The van der Waals surface area contributed by atoms with Crippen LogP contribution in [0.3, 0.4) is 0 Å². The molecule has 7 nitrogen and oxygen atoms in total. The lowest BCUT2D eigenvalue weighted by Gasteiger charge is -2.24. The van der Waals surface area contributed by atoms with Crippen LogP contribution in [-0.2, 0) is 19.0 Å². The molecule has 1 amide bonds. The first-order valence-electron chi connectivity index (χ1n) is 10.3. The lowest BCUT2D eigenvalue weighted by atomic mass is 10.0. The number of benzene rings is 2. The zero-order valence-electron chi connectivity index (χ0n) is 19.3. The summed E-state index contributed by atoms with van der Waals surface area (Å²) >= 11 is 3.32. The summed E-state index contributed by atoms with van der Waals surface area (Å²) < 4.78 is 55.3. The van der Waals surface area contributed by atoms with E-state index in [1.807, 2.05) is 0 Å². The van der Waals surface area contributed by atoms with E-state index in [4.69, 9.17) is 13.7 Å². The van der Waals surface area contributed by atoms with E-state index in [9.17, 15) is 17.6 Å². The largest absolute Gasteiger partial charge is 0.493 e. The van der Waals surface area contributed by atoms with Gasteiger partial charge in [0.25, 0.3) is 10.1 Å². The molecule has 0 saturated heterocycles. The van der Waals surface area contributed by atoms with Crippen molar-refractivity contribution in [3.8, 4) is 5.75 Å². The van der Waals surface area contributed by atoms with Crippen molar-refractivity contribution in [1.29, 1.82) is 0 Å². The van der Waals surface area contributed by atoms with Gasteiger partial charge in [0.1, 0.15) is 23.3 Å². The van der Waals surface area contributed by atoms with Crippen LogP contribution in [0.1, 0.15) is 44.4 Å². The Kier molecular flexibility index (Phi) is 9.28. The highest BCUT2D eigenvalue weighted by molar-refractivity contribution is 9.10. The standard InChI is InChI=1S/C23H29BrFNO6S/c1-23(2,3)31-22(27)26(4)13-6-14-30-18-11-12-19(20(25)15-18)21(32-33(5,28)29)16-7-9-17(24)10-8-16/h7-12,15,21H,6,13-14H2,1-5H3. The maximum atomic E-state index is 14.9. The van der Waals surface area contributed by atoms with Crippen molar-refractivity contribution in [2.75, 3.05) is 26.5 Å². The van der Waals surface area contributed by atoms with Gasteiger partial charge in [-0.25, -0.2) is 9.18 Å². The molecule has 1 unspecified atom stereocenters. The number of hydrogen-bond donors (Lipinski definition) is 0. The maximum absolute atomic E-state index is 14.9. The molecule has 0 bridgehead atoms. The van der Waals surface area contributed by atoms with Gasteiger partial charge in [-0.05, 0) is 57.0 Å². The molecule has 2 aromatic rings. The molecule has 0 fully saturated rings. The molecule has 2 rings (SSSR count). The van der Waals surface area contributed by atoms with Gasteiger partial charge in [-0.15, -0.1) is 0 Å². The highest BCUT2D eigenvalue weighted by Gasteiger charge is 2.24. The third-order valence-corrected chi connectivity index (χ3v) is 5.38. The number of hydrogen-bond acceptors (Lipinski definition) is 6. The normalized spacial score (nSPS) is 12.8. The minimum absolute atomic E-state index is 0.0692. The minimum atomic E-state index is -3.85. The summed E-state index contributed by atoms with van der Waals surface area (Å²) in [5, 5.41) is 0. The zero-order chi connectivity index (χ0) is 24.8. The van der Waals surface area contributed by atoms with Gasteiger partial charge < -0.3 is 14.4 Å². The van der Waals surface area contributed by atoms with Crippen LogP contribution in [0.4, 0.5) is 9.18 Å². The number of carbonyl (C=O) groups is 1. The van der Waals surface area contributed by atoms with Crippen LogP contribution in [0.15, 0.2) is 46.9 Å². The second-order valence-corrected chi connectivity index (χ2v) is 11.0. The number of ether oxygens (including phenoxy) is 2. The van der Waals surface area contributed by atoms with E-state index >= 15 is 0 Å². The first kappa shape index (κ1) is 27.1. The molecule has 0 aliphatic rings. The first-order chi connectivity index (χ1) is 15.2. The number of halogens is 2. The highest BCUT2D eigenvalue weighted by Crippen LogP contribution is 2.32. The van der Waals surface area contributed by atoms with Gasteiger partial charge >= 0.3 is 6.09 Å². The van der Waals surface area contributed by atoms with Gasteiger partial charge in [0.15, 0.2) is 0 Å². The van der Waals surface area contributed by atoms with Crippen molar-refractivity contribution in [3.05, 3.63) is 63.9 Å². The summed E-state index contributed by atoms with van der Waals surface area (Å²) in [4.78, 5) is 13.4. The zero-order valence-corrected chi connectivity index (χ0v) is 21.7. The van der Waals surface area contributed by atoms with Crippen LogP contribution in [0, 0.1) is 5.82 Å². The number of rotatable bonds is 9. The fraction of sp³-hybridized carbons (Fsp3) is 0.435. The minimum Gasteiger partial charge on any atom is -0.493 e. The van der Waals surface area contributed by atoms with Crippen LogP contribution < -0.4 is 4.74 Å². The quantitative estimate of drug-likeness (QED) is 0.314. The fourth-order valence-electron chi connectivity index (χ4n) is 2.83. The summed E-state index contributed by atoms with van der Waals surface area (Å²) in [6, 6.07) is 10.9. The molecule has 0 aromatic heterocycles. The predicted octanol–water partition coefficient (Wildman–Crippen LogP) is 5.29. The van der Waals surface area contributed by atoms with Crippen molar-refractivity contribution in [2.24, 2.45) is 0 Å². The van der Waals surface area contributed by atoms with E-state index in [1.54, 1.807) is 58.2 Å². The van der Waals surface area contributed by atoms with E-state index in [0.717, 1.165) is 10.7 Å². The molecular weight excluding hydrogens is 517 g/mol. The van der Waals surface area contributed by atoms with Gasteiger partial charge in [0.05, 0.1) is 12.9 Å². The topological polar surface area (TPSA) is 82.1 Å². The summed E-state index contributed by atoms with van der Waals surface area (Å²) in [7, 11) is -2.22. The van der Waals surface area contributed by atoms with Crippen molar-refractivity contribution in [2.45, 2.75) is 38.9 Å². The summed E-state index contributed by atoms with van der Waals surface area (Å²) in [5.41, 5.74) is -0.0168. The van der Waals surface area contributed by atoms with E-state index in [-0.39, 0.29) is 17.9 Å². The Labute approximate surface area is 203 Å². The van der Waals surface area contributed by atoms with E-state index < -0.39 is 33.7 Å². The van der Waals surface area contributed by atoms with Gasteiger partial charge in [-0.3, -0.25) is 4.18 Å². The predicted molar refractivity (Wildman–Crippen MR) is 127 cm³/mol. The molecule has 0 saturated carbocycles. The molecule has 10 heteroatoms. The lowest BCUT2D eigenvalue weighted by molar-refractivity contribution is 0.0292. The van der Waals surface area contributed by atoms with Crippen LogP contribution >= 0.6 is 15.9 Å². The molecular formula is C23H29BrFNO6S. The SMILES string of the molecule is CN(CCCOc1ccc(C(OS(C)(=O)=O)c2ccc(Br)cc2)c(F)c1)C(=O)OC(C)(C)C. The highest BCUT2D eigenvalue weighted by atomic mass is 79.9. The van der Waals surface area contributed by atoms with E-state index in [0.29, 0.717) is 18.5 Å². The average Bonchev–Trinajstić information content (AvgIpc) is 2.68. The van der Waals surface area contributed by atoms with Crippen molar-refractivity contribution < 1.29 is 31.3 Å². The van der Waals surface area contributed by atoms with Gasteiger partial charge in [0.2, 0.25) is 0 Å². The molecule has 33 heavy (non-hydrogen) atoms. The second kappa shape index (κ2) is 11.3. The summed E-state index contributed by atoms with van der Waals surface area (Å²) in [6.07, 6.45) is -0.132. The molecule has 0 aliphatic heterocycles. The molecule has 0 heterocycles. The van der Waals surface area contributed by atoms with E-state index in [2.05, 4.69) is 15.9 Å². The Balaban J connectivity index is 2.04. The van der Waals surface area contributed by atoms with E-state index in [1.165, 1.54) is 17.0 Å². The van der Waals surface area contributed by atoms with Crippen LogP contribution in [0.5, 0.6) is 5.75 Å². The molecule has 2 aromatic carbocycles. The Bertz CT molecular complexity index is 1050. The fourth-order valence-corrected chi connectivity index (χ4v) is 3.66. The Hall–Kier alpha value is -2.17. The Morgan fingerprint density at radius 3 is 2.33 bits per heavy atom. The second-order valence-electron chi connectivity index (χ2n) is 8.52. The average molecular weight is 546 g/mol. The van der Waals surface area contributed by atoms with Crippen molar-refractivity contribution in [1.82, 2.24) is 4.90 Å². The molecule has 0 N–H and O–H groups in total. The number of nitrogens with zero attached hydrogens (tertiary/aromatic N) is 1. The molecule has 0 radical (unpaired) electrons. The number of carbonyl (C=O) groups excluding carboxylic acids is 1. The van der Waals surface area contributed by atoms with Crippen molar-refractivity contribution >= 4 is 32.1 Å².